The second kappa shape index (κ2) is 9.23. The molecule has 0 aliphatic heterocycles. The number of nitrogen functional groups attached to an aromatic ring is 2. The van der Waals surface area contributed by atoms with Crippen LogP contribution in [0.4, 0.5) is 11.4 Å². The summed E-state index contributed by atoms with van der Waals surface area (Å²) in [5.41, 5.74) is 16.3. The zero-order chi connectivity index (χ0) is 22.5. The van der Waals surface area contributed by atoms with Crippen LogP contribution < -0.4 is 16.2 Å². The van der Waals surface area contributed by atoms with Crippen LogP contribution in [0.25, 0.3) is 29.0 Å². The van der Waals surface area contributed by atoms with E-state index in [0.29, 0.717) is 22.7 Å². The van der Waals surface area contributed by atoms with Crippen LogP contribution in [0, 0.1) is 0 Å². The first-order valence-corrected chi connectivity index (χ1v) is 10.3. The molecule has 4 aromatic carbocycles. The monoisotopic (exact) mass is 420 g/mol. The first-order chi connectivity index (χ1) is 15.5. The van der Waals surface area contributed by atoms with Gasteiger partial charge in [-0.25, -0.2) is 4.79 Å². The highest BCUT2D eigenvalue weighted by molar-refractivity contribution is 5.98. The summed E-state index contributed by atoms with van der Waals surface area (Å²) < 4.78 is 5.67. The predicted octanol–water partition coefficient (Wildman–Crippen LogP) is 6.18. The van der Waals surface area contributed by atoms with Gasteiger partial charge in [-0.05, 0) is 47.7 Å². The van der Waals surface area contributed by atoms with Crippen LogP contribution in [0.3, 0.4) is 0 Å². The summed E-state index contributed by atoms with van der Waals surface area (Å²) >= 11 is 0. The third kappa shape index (κ3) is 4.71. The number of nitrogens with two attached hydrogens (primary N) is 2. The van der Waals surface area contributed by atoms with E-state index in [4.69, 9.17) is 16.2 Å². The molecular weight excluding hydrogens is 396 g/mol. The number of rotatable bonds is 5. The standard InChI is InChI=1S/C28H24N2O2/c1-19(28(31)32-26-13-7-11-22-10-5-6-12-24(22)26)16-21-17-23(27(30)25(29)18-21)15-14-20-8-3-2-4-9-20/h2-18H,29-30H2,1H3. The van der Waals surface area contributed by atoms with Crippen LogP contribution in [-0.4, -0.2) is 5.97 Å². The minimum absolute atomic E-state index is 0.418. The zero-order valence-electron chi connectivity index (χ0n) is 17.8. The van der Waals surface area contributed by atoms with Crippen molar-refractivity contribution in [3.63, 3.8) is 0 Å². The lowest BCUT2D eigenvalue weighted by atomic mass is 10.0. The molecule has 0 heterocycles. The Bertz CT molecular complexity index is 1330. The summed E-state index contributed by atoms with van der Waals surface area (Å²) in [6.45, 7) is 1.72. The molecule has 158 valence electrons. The summed E-state index contributed by atoms with van der Waals surface area (Å²) in [5, 5.41) is 1.90. The van der Waals surface area contributed by atoms with Crippen molar-refractivity contribution in [3.05, 3.63) is 107 Å². The summed E-state index contributed by atoms with van der Waals surface area (Å²) in [5.74, 6) is 0.113. The summed E-state index contributed by atoms with van der Waals surface area (Å²) in [6, 6.07) is 27.0. The Kier molecular flexibility index (Phi) is 6.04. The fourth-order valence-corrected chi connectivity index (χ4v) is 3.47. The molecular formula is C28H24N2O2. The van der Waals surface area contributed by atoms with E-state index in [0.717, 1.165) is 27.5 Å². The number of ether oxygens (including phenoxy) is 1. The summed E-state index contributed by atoms with van der Waals surface area (Å²) in [4.78, 5) is 12.7. The Morgan fingerprint density at radius 1 is 0.812 bits per heavy atom. The highest BCUT2D eigenvalue weighted by Crippen LogP contribution is 2.28. The van der Waals surface area contributed by atoms with Crippen molar-refractivity contribution >= 4 is 46.3 Å². The highest BCUT2D eigenvalue weighted by atomic mass is 16.5. The normalized spacial score (nSPS) is 11.7. The topological polar surface area (TPSA) is 78.3 Å². The molecule has 0 spiro atoms. The maximum absolute atomic E-state index is 12.7. The van der Waals surface area contributed by atoms with Gasteiger partial charge >= 0.3 is 5.97 Å². The quantitative estimate of drug-likeness (QED) is 0.133. The van der Waals surface area contributed by atoms with Crippen LogP contribution in [0.15, 0.2) is 90.5 Å². The molecule has 0 amide bonds. The van der Waals surface area contributed by atoms with Crippen LogP contribution in [-0.2, 0) is 4.79 Å². The second-order valence-electron chi connectivity index (χ2n) is 7.55. The van der Waals surface area contributed by atoms with E-state index in [9.17, 15) is 4.79 Å². The van der Waals surface area contributed by atoms with Gasteiger partial charge in [-0.1, -0.05) is 78.9 Å². The molecule has 32 heavy (non-hydrogen) atoms. The molecule has 4 aromatic rings. The maximum atomic E-state index is 12.7. The number of hydrogen-bond acceptors (Lipinski definition) is 4. The average molecular weight is 421 g/mol. The van der Waals surface area contributed by atoms with Gasteiger partial charge in [0.2, 0.25) is 0 Å². The largest absolute Gasteiger partial charge is 0.423 e. The fraction of sp³-hybridized carbons (Fsp3) is 0.0357. The molecule has 4 nitrogen and oxygen atoms in total. The SMILES string of the molecule is CC(=Cc1cc(N)c(N)c(C=Cc2ccccc2)c1)C(=O)Oc1cccc2ccccc12. The Morgan fingerprint density at radius 3 is 2.34 bits per heavy atom. The molecule has 4 heteroatoms. The molecule has 0 radical (unpaired) electrons. The van der Waals surface area contributed by atoms with E-state index in [1.165, 1.54) is 0 Å². The van der Waals surface area contributed by atoms with Gasteiger partial charge in [0.15, 0.2) is 0 Å². The minimum atomic E-state index is -0.418. The van der Waals surface area contributed by atoms with E-state index < -0.39 is 5.97 Å². The Hall–Kier alpha value is -4.31. The molecule has 0 bridgehead atoms. The van der Waals surface area contributed by atoms with Crippen molar-refractivity contribution in [3.8, 4) is 5.75 Å². The first kappa shape index (κ1) is 20.9. The number of hydrogen-bond donors (Lipinski definition) is 2. The van der Waals surface area contributed by atoms with Gasteiger partial charge < -0.3 is 16.2 Å². The summed E-state index contributed by atoms with van der Waals surface area (Å²) in [6.07, 6.45) is 5.64. The molecule has 0 aromatic heterocycles. The molecule has 0 aliphatic carbocycles. The lowest BCUT2D eigenvalue weighted by molar-refractivity contribution is -0.129. The number of esters is 1. The number of anilines is 2. The smallest absolute Gasteiger partial charge is 0.339 e. The Morgan fingerprint density at radius 2 is 1.53 bits per heavy atom. The van der Waals surface area contributed by atoms with E-state index in [1.807, 2.05) is 84.9 Å². The third-order valence-corrected chi connectivity index (χ3v) is 5.18. The Balaban J connectivity index is 1.59. The molecule has 0 saturated carbocycles. The predicted molar refractivity (Wildman–Crippen MR) is 134 cm³/mol. The van der Waals surface area contributed by atoms with Gasteiger partial charge in [0.25, 0.3) is 0 Å². The summed E-state index contributed by atoms with van der Waals surface area (Å²) in [7, 11) is 0. The van der Waals surface area contributed by atoms with Crippen LogP contribution in [0.5, 0.6) is 5.75 Å². The van der Waals surface area contributed by atoms with E-state index in [1.54, 1.807) is 25.1 Å². The van der Waals surface area contributed by atoms with Crippen molar-refractivity contribution in [1.29, 1.82) is 0 Å². The highest BCUT2D eigenvalue weighted by Gasteiger charge is 2.11. The van der Waals surface area contributed by atoms with Gasteiger partial charge in [-0.2, -0.15) is 0 Å². The molecule has 4 N–H and O–H groups in total. The molecule has 0 atom stereocenters. The molecule has 4 rings (SSSR count). The lowest BCUT2D eigenvalue weighted by Gasteiger charge is -2.09. The maximum Gasteiger partial charge on any atom is 0.339 e. The lowest BCUT2D eigenvalue weighted by Crippen LogP contribution is -2.09. The first-order valence-electron chi connectivity index (χ1n) is 10.3. The van der Waals surface area contributed by atoms with Gasteiger partial charge in [0.05, 0.1) is 11.4 Å². The van der Waals surface area contributed by atoms with Gasteiger partial charge in [-0.3, -0.25) is 0 Å². The van der Waals surface area contributed by atoms with Crippen molar-refractivity contribution < 1.29 is 9.53 Å². The average Bonchev–Trinajstić information content (AvgIpc) is 2.81. The fourth-order valence-electron chi connectivity index (χ4n) is 3.47. The van der Waals surface area contributed by atoms with Gasteiger partial charge in [0.1, 0.15) is 5.75 Å². The van der Waals surface area contributed by atoms with E-state index in [2.05, 4.69) is 0 Å². The molecule has 0 aliphatic rings. The number of carbonyl (C=O) groups excluding carboxylic acids is 1. The second-order valence-corrected chi connectivity index (χ2v) is 7.55. The van der Waals surface area contributed by atoms with Gasteiger partial charge in [-0.15, -0.1) is 0 Å². The van der Waals surface area contributed by atoms with Crippen LogP contribution in [0.2, 0.25) is 0 Å². The molecule has 0 unspecified atom stereocenters. The third-order valence-electron chi connectivity index (χ3n) is 5.18. The van der Waals surface area contributed by atoms with Crippen molar-refractivity contribution in [2.45, 2.75) is 6.92 Å². The Labute approximate surface area is 187 Å². The van der Waals surface area contributed by atoms with Crippen LogP contribution in [0.1, 0.15) is 23.6 Å². The zero-order valence-corrected chi connectivity index (χ0v) is 17.8. The van der Waals surface area contributed by atoms with Crippen molar-refractivity contribution in [2.24, 2.45) is 0 Å². The van der Waals surface area contributed by atoms with Crippen molar-refractivity contribution in [1.82, 2.24) is 0 Å². The molecule has 0 fully saturated rings. The van der Waals surface area contributed by atoms with Crippen molar-refractivity contribution in [2.75, 3.05) is 11.5 Å². The van der Waals surface area contributed by atoms with Crippen LogP contribution >= 0.6 is 0 Å². The van der Waals surface area contributed by atoms with E-state index >= 15 is 0 Å². The number of fused-ring (bicyclic) bond motifs is 1. The number of benzene rings is 4. The minimum Gasteiger partial charge on any atom is -0.423 e. The molecule has 0 saturated heterocycles. The van der Waals surface area contributed by atoms with E-state index in [-0.39, 0.29) is 0 Å². The number of carbonyl (C=O) groups is 1. The van der Waals surface area contributed by atoms with Gasteiger partial charge in [0, 0.05) is 16.5 Å².